The molecule has 0 radical (unpaired) electrons. The number of nitrogens with one attached hydrogen (secondary N) is 1. The molecule has 0 saturated carbocycles. The molecule has 21 heavy (non-hydrogen) atoms. The predicted molar refractivity (Wildman–Crippen MR) is 81.7 cm³/mol. The van der Waals surface area contributed by atoms with Crippen molar-refractivity contribution in [2.45, 2.75) is 20.0 Å². The smallest absolute Gasteiger partial charge is 0.407 e. The monoisotopic (exact) mass is 285 g/mol. The van der Waals surface area contributed by atoms with Crippen LogP contribution in [0.3, 0.4) is 0 Å². The summed E-state index contributed by atoms with van der Waals surface area (Å²) in [5.41, 5.74) is 0.964. The zero-order valence-electron chi connectivity index (χ0n) is 12.0. The zero-order chi connectivity index (χ0) is 14.9. The van der Waals surface area contributed by atoms with Crippen molar-refractivity contribution in [1.29, 1.82) is 0 Å². The number of hydrogen-bond acceptors (Lipinski definition) is 3. The maximum absolute atomic E-state index is 11.5. The van der Waals surface area contributed by atoms with Crippen molar-refractivity contribution in [3.63, 3.8) is 0 Å². The summed E-state index contributed by atoms with van der Waals surface area (Å²) in [4.78, 5) is 11.5. The lowest BCUT2D eigenvalue weighted by atomic mass is 10.2. The van der Waals surface area contributed by atoms with Crippen molar-refractivity contribution in [3.05, 3.63) is 65.6 Å². The van der Waals surface area contributed by atoms with Crippen LogP contribution in [0, 0.1) is 0 Å². The van der Waals surface area contributed by atoms with E-state index in [0.29, 0.717) is 6.54 Å². The summed E-state index contributed by atoms with van der Waals surface area (Å²) >= 11 is 0. The summed E-state index contributed by atoms with van der Waals surface area (Å²) in [5, 5.41) is 2.65. The van der Waals surface area contributed by atoms with Crippen LogP contribution in [0.1, 0.15) is 24.0 Å². The first-order chi connectivity index (χ1) is 10.3. The molecule has 0 atom stereocenters. The van der Waals surface area contributed by atoms with Gasteiger partial charge in [-0.05, 0) is 23.8 Å². The van der Waals surface area contributed by atoms with E-state index < -0.39 is 6.09 Å². The molecule has 0 bridgehead atoms. The van der Waals surface area contributed by atoms with Crippen LogP contribution in [0.5, 0.6) is 0 Å². The van der Waals surface area contributed by atoms with Crippen molar-refractivity contribution in [2.24, 2.45) is 0 Å². The number of rotatable bonds is 6. The summed E-state index contributed by atoms with van der Waals surface area (Å²) < 4.78 is 10.6. The van der Waals surface area contributed by atoms with Crippen LogP contribution in [-0.2, 0) is 17.8 Å². The van der Waals surface area contributed by atoms with Crippen molar-refractivity contribution >= 4 is 12.2 Å². The number of alkyl carbamates (subject to hydrolysis) is 1. The average Bonchev–Trinajstić information content (AvgIpc) is 2.98. The average molecular weight is 285 g/mol. The van der Waals surface area contributed by atoms with Gasteiger partial charge in [0.1, 0.15) is 18.1 Å². The number of ether oxygens (including phenoxy) is 1. The minimum atomic E-state index is -0.433. The Bertz CT molecular complexity index is 587. The van der Waals surface area contributed by atoms with E-state index >= 15 is 0 Å². The third-order valence-electron chi connectivity index (χ3n) is 2.89. The van der Waals surface area contributed by atoms with Gasteiger partial charge in [0.2, 0.25) is 0 Å². The number of hydrogen-bond donors (Lipinski definition) is 1. The third kappa shape index (κ3) is 5.18. The second-order valence-corrected chi connectivity index (χ2v) is 4.50. The summed E-state index contributed by atoms with van der Waals surface area (Å²) in [7, 11) is 0. The molecule has 1 N–H and O–H groups in total. The van der Waals surface area contributed by atoms with Crippen LogP contribution in [0.15, 0.2) is 53.0 Å². The summed E-state index contributed by atoms with van der Waals surface area (Å²) in [5.74, 6) is 1.73. The lowest BCUT2D eigenvalue weighted by Crippen LogP contribution is -2.24. The molecular formula is C17H19NO3. The SMILES string of the molecule is CCc1ccc(C=CCNC(=O)OCc2ccccc2)o1. The topological polar surface area (TPSA) is 51.5 Å². The van der Waals surface area contributed by atoms with Crippen LogP contribution >= 0.6 is 0 Å². The van der Waals surface area contributed by atoms with E-state index in [1.54, 1.807) is 0 Å². The molecule has 0 aliphatic heterocycles. The van der Waals surface area contributed by atoms with Crippen molar-refractivity contribution in [2.75, 3.05) is 6.54 Å². The highest BCUT2D eigenvalue weighted by Crippen LogP contribution is 2.09. The van der Waals surface area contributed by atoms with E-state index in [1.807, 2.05) is 61.5 Å². The second kappa shape index (κ2) is 7.94. The molecule has 110 valence electrons. The van der Waals surface area contributed by atoms with Gasteiger partial charge in [-0.2, -0.15) is 0 Å². The van der Waals surface area contributed by atoms with Gasteiger partial charge in [-0.15, -0.1) is 0 Å². The summed E-state index contributed by atoms with van der Waals surface area (Å²) in [6, 6.07) is 13.4. The lowest BCUT2D eigenvalue weighted by Gasteiger charge is -2.04. The Morgan fingerprint density at radius 3 is 2.76 bits per heavy atom. The van der Waals surface area contributed by atoms with Crippen molar-refractivity contribution < 1.29 is 13.9 Å². The molecule has 0 spiro atoms. The normalized spacial score (nSPS) is 10.7. The molecule has 0 unspecified atom stereocenters. The highest BCUT2D eigenvalue weighted by molar-refractivity contribution is 5.67. The van der Waals surface area contributed by atoms with Gasteiger partial charge in [0, 0.05) is 13.0 Å². The molecule has 4 heteroatoms. The Morgan fingerprint density at radius 1 is 1.24 bits per heavy atom. The van der Waals surface area contributed by atoms with E-state index in [9.17, 15) is 4.79 Å². The molecule has 4 nitrogen and oxygen atoms in total. The molecule has 1 aromatic heterocycles. The van der Waals surface area contributed by atoms with Gasteiger partial charge in [-0.3, -0.25) is 0 Å². The Kier molecular flexibility index (Phi) is 5.64. The Balaban J connectivity index is 1.67. The van der Waals surface area contributed by atoms with Crippen LogP contribution in [0.4, 0.5) is 4.79 Å². The zero-order valence-corrected chi connectivity index (χ0v) is 12.0. The third-order valence-corrected chi connectivity index (χ3v) is 2.89. The molecule has 0 aliphatic rings. The lowest BCUT2D eigenvalue weighted by molar-refractivity contribution is 0.141. The summed E-state index contributed by atoms with van der Waals surface area (Å²) in [6.45, 7) is 2.71. The van der Waals surface area contributed by atoms with E-state index in [0.717, 1.165) is 23.5 Å². The highest BCUT2D eigenvalue weighted by atomic mass is 16.5. The van der Waals surface area contributed by atoms with Gasteiger partial charge in [0.05, 0.1) is 0 Å². The van der Waals surface area contributed by atoms with Crippen molar-refractivity contribution in [1.82, 2.24) is 5.32 Å². The molecular weight excluding hydrogens is 266 g/mol. The molecule has 0 fully saturated rings. The number of benzene rings is 1. The van der Waals surface area contributed by atoms with Crippen LogP contribution in [0.2, 0.25) is 0 Å². The van der Waals surface area contributed by atoms with Crippen LogP contribution in [0.25, 0.3) is 6.08 Å². The molecule has 1 aromatic carbocycles. The summed E-state index contributed by atoms with van der Waals surface area (Å²) in [6.07, 6.45) is 4.09. The van der Waals surface area contributed by atoms with Gasteiger partial charge in [-0.25, -0.2) is 4.79 Å². The minimum Gasteiger partial charge on any atom is -0.462 e. The van der Waals surface area contributed by atoms with Gasteiger partial charge in [-0.1, -0.05) is 43.3 Å². The highest BCUT2D eigenvalue weighted by Gasteiger charge is 2.00. The quantitative estimate of drug-likeness (QED) is 0.878. The molecule has 2 aromatic rings. The van der Waals surface area contributed by atoms with E-state index in [-0.39, 0.29) is 6.61 Å². The number of amides is 1. The number of furan rings is 1. The van der Waals surface area contributed by atoms with E-state index in [1.165, 1.54) is 0 Å². The maximum atomic E-state index is 11.5. The Labute approximate surface area is 124 Å². The standard InChI is InChI=1S/C17H19NO3/c1-2-15-10-11-16(21-15)9-6-12-18-17(19)20-13-14-7-4-3-5-8-14/h3-11H,2,12-13H2,1H3,(H,18,19). The maximum Gasteiger partial charge on any atom is 0.407 e. The molecule has 1 heterocycles. The van der Waals surface area contributed by atoms with Gasteiger partial charge >= 0.3 is 6.09 Å². The number of carbonyl (C=O) groups excluding carboxylic acids is 1. The van der Waals surface area contributed by atoms with E-state index in [2.05, 4.69) is 5.32 Å². The Hall–Kier alpha value is -2.49. The van der Waals surface area contributed by atoms with Gasteiger partial charge in [0.15, 0.2) is 0 Å². The second-order valence-electron chi connectivity index (χ2n) is 4.50. The largest absolute Gasteiger partial charge is 0.462 e. The van der Waals surface area contributed by atoms with Gasteiger partial charge in [0.25, 0.3) is 0 Å². The fourth-order valence-electron chi connectivity index (χ4n) is 1.77. The molecule has 1 amide bonds. The van der Waals surface area contributed by atoms with Crippen LogP contribution in [-0.4, -0.2) is 12.6 Å². The predicted octanol–water partition coefficient (Wildman–Crippen LogP) is 3.78. The molecule has 2 rings (SSSR count). The van der Waals surface area contributed by atoms with Crippen molar-refractivity contribution in [3.8, 4) is 0 Å². The fourth-order valence-corrected chi connectivity index (χ4v) is 1.77. The molecule has 0 aliphatic carbocycles. The first-order valence-electron chi connectivity index (χ1n) is 6.97. The Morgan fingerprint density at radius 2 is 2.05 bits per heavy atom. The van der Waals surface area contributed by atoms with Gasteiger partial charge < -0.3 is 14.5 Å². The van der Waals surface area contributed by atoms with E-state index in [4.69, 9.17) is 9.15 Å². The minimum absolute atomic E-state index is 0.272. The number of carbonyl (C=O) groups is 1. The fraction of sp³-hybridized carbons (Fsp3) is 0.235. The molecule has 0 saturated heterocycles. The van der Waals surface area contributed by atoms with Crippen LogP contribution < -0.4 is 5.32 Å². The number of aryl methyl sites for hydroxylation is 1. The first kappa shape index (κ1) is 14.9. The first-order valence-corrected chi connectivity index (χ1v) is 6.97.